The quantitative estimate of drug-likeness (QED) is 0.467. The van der Waals surface area contributed by atoms with Gasteiger partial charge >= 0.3 is 11.9 Å². The SMILES string of the molecule is CCC1C(OC(C)=O)/C=C(/C)C(O)CC2OC2(C)CC1OC(=O)C(C)C. The van der Waals surface area contributed by atoms with E-state index in [4.69, 9.17) is 14.2 Å². The summed E-state index contributed by atoms with van der Waals surface area (Å²) in [5, 5.41) is 10.4. The third kappa shape index (κ3) is 4.86. The van der Waals surface area contributed by atoms with Gasteiger partial charge in [-0.1, -0.05) is 20.8 Å². The Balaban J connectivity index is 2.38. The van der Waals surface area contributed by atoms with Gasteiger partial charge in [-0.3, -0.25) is 9.59 Å². The van der Waals surface area contributed by atoms with Crippen molar-refractivity contribution in [3.05, 3.63) is 11.6 Å². The van der Waals surface area contributed by atoms with Crippen LogP contribution in [0.2, 0.25) is 0 Å². The largest absolute Gasteiger partial charge is 0.462 e. The van der Waals surface area contributed by atoms with Crippen molar-refractivity contribution in [2.24, 2.45) is 11.8 Å². The van der Waals surface area contributed by atoms with E-state index in [2.05, 4.69) is 0 Å². The molecule has 0 spiro atoms. The van der Waals surface area contributed by atoms with E-state index in [-0.39, 0.29) is 23.9 Å². The maximum absolute atomic E-state index is 12.3. The predicted molar refractivity (Wildman–Crippen MR) is 96.3 cm³/mol. The molecule has 6 atom stereocenters. The molecule has 6 nitrogen and oxygen atoms in total. The average Bonchev–Trinajstić information content (AvgIpc) is 3.15. The van der Waals surface area contributed by atoms with E-state index in [1.807, 2.05) is 20.8 Å². The van der Waals surface area contributed by atoms with Crippen LogP contribution in [0.4, 0.5) is 0 Å². The van der Waals surface area contributed by atoms with Crippen LogP contribution in [0, 0.1) is 11.8 Å². The van der Waals surface area contributed by atoms with Crippen molar-refractivity contribution >= 4 is 11.9 Å². The van der Waals surface area contributed by atoms with Crippen LogP contribution < -0.4 is 0 Å². The van der Waals surface area contributed by atoms with Crippen LogP contribution in [0.1, 0.15) is 60.8 Å². The summed E-state index contributed by atoms with van der Waals surface area (Å²) in [5.41, 5.74) is 0.303. The van der Waals surface area contributed by atoms with Crippen LogP contribution >= 0.6 is 0 Å². The molecule has 0 bridgehead atoms. The summed E-state index contributed by atoms with van der Waals surface area (Å²) in [6.45, 7) is 10.7. The molecule has 1 N–H and O–H groups in total. The third-order valence-electron chi connectivity index (χ3n) is 5.44. The van der Waals surface area contributed by atoms with Crippen molar-refractivity contribution in [1.82, 2.24) is 0 Å². The molecule has 1 fully saturated rings. The molecule has 0 radical (unpaired) electrons. The molecule has 0 saturated carbocycles. The van der Waals surface area contributed by atoms with Crippen molar-refractivity contribution in [1.29, 1.82) is 0 Å². The molecule has 0 aromatic carbocycles. The highest BCUT2D eigenvalue weighted by molar-refractivity contribution is 5.71. The first-order chi connectivity index (χ1) is 12.1. The first-order valence-corrected chi connectivity index (χ1v) is 9.49. The minimum atomic E-state index is -0.646. The van der Waals surface area contributed by atoms with Gasteiger partial charge in [0.1, 0.15) is 12.2 Å². The number of carbonyl (C=O) groups is 2. The first-order valence-electron chi connectivity index (χ1n) is 9.49. The fourth-order valence-electron chi connectivity index (χ4n) is 3.64. The number of esters is 2. The van der Waals surface area contributed by atoms with E-state index in [0.29, 0.717) is 19.3 Å². The number of ether oxygens (including phenoxy) is 3. The predicted octanol–water partition coefficient (Wildman–Crippen LogP) is 2.77. The van der Waals surface area contributed by atoms with Crippen LogP contribution in [-0.4, -0.2) is 47.1 Å². The molecule has 148 valence electrons. The number of hydrogen-bond donors (Lipinski definition) is 1. The monoisotopic (exact) mass is 368 g/mol. The van der Waals surface area contributed by atoms with E-state index in [1.54, 1.807) is 19.9 Å². The van der Waals surface area contributed by atoms with Gasteiger partial charge in [0.25, 0.3) is 0 Å². The molecule has 0 aromatic rings. The van der Waals surface area contributed by atoms with Crippen LogP contribution in [0.25, 0.3) is 0 Å². The maximum atomic E-state index is 12.3. The second-order valence-electron chi connectivity index (χ2n) is 8.06. The fourth-order valence-corrected chi connectivity index (χ4v) is 3.64. The van der Waals surface area contributed by atoms with E-state index >= 15 is 0 Å². The average molecular weight is 368 g/mol. The van der Waals surface area contributed by atoms with Crippen LogP contribution in [-0.2, 0) is 23.8 Å². The number of epoxide rings is 1. The summed E-state index contributed by atoms with van der Waals surface area (Å²) >= 11 is 0. The highest BCUT2D eigenvalue weighted by atomic mass is 16.6. The Morgan fingerprint density at radius 1 is 1.38 bits per heavy atom. The number of aliphatic hydroxyl groups is 1. The van der Waals surface area contributed by atoms with Crippen molar-refractivity contribution in [3.8, 4) is 0 Å². The zero-order valence-corrected chi connectivity index (χ0v) is 16.7. The van der Waals surface area contributed by atoms with Gasteiger partial charge in [-0.15, -0.1) is 0 Å². The maximum Gasteiger partial charge on any atom is 0.308 e. The molecule has 1 saturated heterocycles. The van der Waals surface area contributed by atoms with Gasteiger partial charge in [-0.05, 0) is 31.9 Å². The Hall–Kier alpha value is -1.40. The Kier molecular flexibility index (Phi) is 6.51. The van der Waals surface area contributed by atoms with Crippen molar-refractivity contribution in [2.45, 2.75) is 90.8 Å². The van der Waals surface area contributed by atoms with E-state index < -0.39 is 29.9 Å². The minimum absolute atomic E-state index is 0.0658. The van der Waals surface area contributed by atoms with Crippen LogP contribution in [0.3, 0.4) is 0 Å². The molecule has 2 aliphatic rings. The Morgan fingerprint density at radius 3 is 2.58 bits per heavy atom. The third-order valence-corrected chi connectivity index (χ3v) is 5.44. The van der Waals surface area contributed by atoms with Crippen molar-refractivity contribution in [3.63, 3.8) is 0 Å². The number of rotatable bonds is 4. The first kappa shape index (κ1) is 20.9. The highest BCUT2D eigenvalue weighted by Gasteiger charge is 2.55. The Morgan fingerprint density at radius 2 is 2.04 bits per heavy atom. The van der Waals surface area contributed by atoms with Crippen LogP contribution in [0.15, 0.2) is 11.6 Å². The lowest BCUT2D eigenvalue weighted by Gasteiger charge is -2.33. The van der Waals surface area contributed by atoms with Gasteiger partial charge in [-0.2, -0.15) is 0 Å². The van der Waals surface area contributed by atoms with Crippen LogP contribution in [0.5, 0.6) is 0 Å². The van der Waals surface area contributed by atoms with E-state index in [0.717, 1.165) is 5.57 Å². The molecule has 26 heavy (non-hydrogen) atoms. The summed E-state index contributed by atoms with van der Waals surface area (Å²) < 4.78 is 17.2. The summed E-state index contributed by atoms with van der Waals surface area (Å²) in [4.78, 5) is 23.9. The lowest BCUT2D eigenvalue weighted by molar-refractivity contribution is -0.162. The summed E-state index contributed by atoms with van der Waals surface area (Å²) in [6.07, 6.45) is 1.76. The lowest BCUT2D eigenvalue weighted by atomic mass is 9.82. The molecule has 6 unspecified atom stereocenters. The van der Waals surface area contributed by atoms with Gasteiger partial charge in [0.2, 0.25) is 0 Å². The lowest BCUT2D eigenvalue weighted by Crippen LogP contribution is -2.41. The summed E-state index contributed by atoms with van der Waals surface area (Å²) in [7, 11) is 0. The molecule has 2 rings (SSSR count). The van der Waals surface area contributed by atoms with Crippen molar-refractivity contribution in [2.75, 3.05) is 0 Å². The Bertz CT molecular complexity index is 569. The minimum Gasteiger partial charge on any atom is -0.462 e. The molecular formula is C20H32O6. The molecule has 1 aliphatic carbocycles. The molecular weight excluding hydrogens is 336 g/mol. The van der Waals surface area contributed by atoms with Gasteiger partial charge in [0, 0.05) is 25.7 Å². The fraction of sp³-hybridized carbons (Fsp3) is 0.800. The van der Waals surface area contributed by atoms with Gasteiger partial charge in [0.05, 0.1) is 23.7 Å². The number of carbonyl (C=O) groups excluding carboxylic acids is 2. The highest BCUT2D eigenvalue weighted by Crippen LogP contribution is 2.46. The molecule has 1 heterocycles. The zero-order valence-electron chi connectivity index (χ0n) is 16.7. The number of aliphatic hydroxyl groups excluding tert-OH is 1. The number of fused-ring (bicyclic) bond motifs is 1. The summed E-state index contributed by atoms with van der Waals surface area (Å²) in [6, 6.07) is 0. The van der Waals surface area contributed by atoms with Gasteiger partial charge in [-0.25, -0.2) is 0 Å². The van der Waals surface area contributed by atoms with E-state index in [9.17, 15) is 14.7 Å². The molecule has 1 aliphatic heterocycles. The standard InChI is InChI=1S/C20H32O6/c1-7-14-16(24-13(5)21)8-12(4)15(22)9-18-20(6,26-18)10-17(14)25-19(23)11(2)3/h8,11,14-18,22H,7,9-10H2,1-6H3/b12-8-. The second kappa shape index (κ2) is 8.09. The topological polar surface area (TPSA) is 85.4 Å². The zero-order chi connectivity index (χ0) is 19.6. The molecule has 0 amide bonds. The number of hydrogen-bond acceptors (Lipinski definition) is 6. The van der Waals surface area contributed by atoms with Crippen molar-refractivity contribution < 1.29 is 28.9 Å². The normalized spacial score (nSPS) is 39.4. The van der Waals surface area contributed by atoms with Gasteiger partial charge < -0.3 is 19.3 Å². The Labute approximate surface area is 155 Å². The van der Waals surface area contributed by atoms with E-state index in [1.165, 1.54) is 6.92 Å². The van der Waals surface area contributed by atoms with Gasteiger partial charge in [0.15, 0.2) is 0 Å². The molecule has 6 heteroatoms. The smallest absolute Gasteiger partial charge is 0.308 e. The summed E-state index contributed by atoms with van der Waals surface area (Å²) in [5.74, 6) is -1.11. The second-order valence-corrected chi connectivity index (χ2v) is 8.06. The molecule has 0 aromatic heterocycles.